The average molecular weight is 548 g/mol. The van der Waals surface area contributed by atoms with Crippen LogP contribution in [-0.4, -0.2) is 29.3 Å². The molecule has 7 heteroatoms. The maximum atomic E-state index is 13.6. The van der Waals surface area contributed by atoms with Crippen LogP contribution in [0.1, 0.15) is 23.6 Å². The van der Waals surface area contributed by atoms with Gasteiger partial charge in [-0.1, -0.05) is 87.7 Å². The van der Waals surface area contributed by atoms with Crippen LogP contribution < -0.4 is 5.32 Å². The zero-order valence-corrected chi connectivity index (χ0v) is 21.3. The first-order chi connectivity index (χ1) is 15.9. The minimum atomic E-state index is -0.661. The number of amides is 2. The van der Waals surface area contributed by atoms with E-state index in [9.17, 15) is 9.59 Å². The molecule has 0 spiro atoms. The third-order valence-corrected chi connectivity index (χ3v) is 6.50. The second-order valence-corrected chi connectivity index (χ2v) is 9.40. The van der Waals surface area contributed by atoms with Crippen LogP contribution in [0.3, 0.4) is 0 Å². The van der Waals surface area contributed by atoms with Crippen LogP contribution in [0, 0.1) is 0 Å². The number of benzene rings is 3. The Hall–Kier alpha value is -2.34. The highest BCUT2D eigenvalue weighted by Gasteiger charge is 2.30. The van der Waals surface area contributed by atoms with Crippen molar-refractivity contribution >= 4 is 50.9 Å². The lowest BCUT2D eigenvalue weighted by atomic mass is 10.0. The van der Waals surface area contributed by atoms with Crippen LogP contribution in [0.5, 0.6) is 0 Å². The van der Waals surface area contributed by atoms with E-state index in [0.29, 0.717) is 29.6 Å². The molecule has 172 valence electrons. The predicted molar refractivity (Wildman–Crippen MR) is 137 cm³/mol. The molecule has 2 amide bonds. The molecule has 0 aliphatic carbocycles. The van der Waals surface area contributed by atoms with E-state index in [-0.39, 0.29) is 18.2 Å². The lowest BCUT2D eigenvalue weighted by molar-refractivity contribution is -0.140. The monoisotopic (exact) mass is 546 g/mol. The Morgan fingerprint density at radius 2 is 1.58 bits per heavy atom. The molecule has 0 radical (unpaired) electrons. The third-order valence-electron chi connectivity index (χ3n) is 5.23. The fourth-order valence-electron chi connectivity index (χ4n) is 3.56. The number of carbonyl (C=O) groups excluding carboxylic acids is 2. The summed E-state index contributed by atoms with van der Waals surface area (Å²) in [5, 5.41) is 3.73. The third kappa shape index (κ3) is 7.32. The number of nitrogens with zero attached hydrogens (tertiary/aromatic N) is 1. The number of carbonyl (C=O) groups is 2. The van der Waals surface area contributed by atoms with Crippen molar-refractivity contribution in [2.75, 3.05) is 6.54 Å². The summed E-state index contributed by atoms with van der Waals surface area (Å²) in [7, 11) is 0. The van der Waals surface area contributed by atoms with Crippen LogP contribution >= 0.6 is 39.1 Å². The van der Waals surface area contributed by atoms with E-state index in [4.69, 9.17) is 23.2 Å². The van der Waals surface area contributed by atoms with Gasteiger partial charge in [0.15, 0.2) is 0 Å². The molecule has 0 bridgehead atoms. The maximum Gasteiger partial charge on any atom is 0.243 e. The molecule has 0 aliphatic rings. The molecule has 3 rings (SSSR count). The van der Waals surface area contributed by atoms with Gasteiger partial charge in [-0.3, -0.25) is 9.59 Å². The molecule has 3 aromatic carbocycles. The quantitative estimate of drug-likeness (QED) is 0.353. The summed E-state index contributed by atoms with van der Waals surface area (Å²) in [4.78, 5) is 28.4. The summed E-state index contributed by atoms with van der Waals surface area (Å²) < 4.78 is 0.949. The molecule has 0 saturated heterocycles. The summed E-state index contributed by atoms with van der Waals surface area (Å²) in [6, 6.07) is 22.0. The Kier molecular flexibility index (Phi) is 9.36. The van der Waals surface area contributed by atoms with Gasteiger partial charge in [0.1, 0.15) is 6.04 Å². The lowest BCUT2D eigenvalue weighted by Gasteiger charge is -2.31. The Morgan fingerprint density at radius 1 is 0.909 bits per heavy atom. The van der Waals surface area contributed by atoms with Crippen molar-refractivity contribution in [1.29, 1.82) is 0 Å². The maximum absolute atomic E-state index is 13.6. The van der Waals surface area contributed by atoms with E-state index in [2.05, 4.69) is 21.2 Å². The number of hydrogen-bond acceptors (Lipinski definition) is 2. The standard InChI is InChI=1S/C26H25BrCl2N2O2/c1-2-30-26(33)24(15-18-6-4-3-5-7-18)31(17-19-8-11-21(27)12-9-19)25(32)16-20-10-13-22(28)23(29)14-20/h3-14,24H,2,15-17H2,1H3,(H,30,33)/t24-/m0/s1. The molecular weight excluding hydrogens is 523 g/mol. The smallest absolute Gasteiger partial charge is 0.243 e. The zero-order valence-electron chi connectivity index (χ0n) is 18.2. The van der Waals surface area contributed by atoms with Crippen LogP contribution in [0.2, 0.25) is 10.0 Å². The number of halogens is 3. The van der Waals surface area contributed by atoms with Gasteiger partial charge in [-0.25, -0.2) is 0 Å². The van der Waals surface area contributed by atoms with Crippen molar-refractivity contribution in [3.05, 3.63) is 104 Å². The van der Waals surface area contributed by atoms with E-state index in [1.54, 1.807) is 23.1 Å². The molecule has 0 saturated carbocycles. The Balaban J connectivity index is 1.95. The minimum Gasteiger partial charge on any atom is -0.355 e. The highest BCUT2D eigenvalue weighted by molar-refractivity contribution is 9.10. The van der Waals surface area contributed by atoms with Crippen molar-refractivity contribution in [3.8, 4) is 0 Å². The summed E-state index contributed by atoms with van der Waals surface area (Å²) in [6.07, 6.45) is 0.522. The van der Waals surface area contributed by atoms with Crippen molar-refractivity contribution in [2.45, 2.75) is 32.4 Å². The van der Waals surface area contributed by atoms with Crippen LogP contribution in [0.15, 0.2) is 77.3 Å². The van der Waals surface area contributed by atoms with Gasteiger partial charge in [0.25, 0.3) is 0 Å². The second-order valence-electron chi connectivity index (χ2n) is 7.67. The van der Waals surface area contributed by atoms with Gasteiger partial charge in [-0.2, -0.15) is 0 Å². The van der Waals surface area contributed by atoms with Gasteiger partial charge in [0, 0.05) is 24.0 Å². The summed E-state index contributed by atoms with van der Waals surface area (Å²) in [5.74, 6) is -0.343. The van der Waals surface area contributed by atoms with Gasteiger partial charge in [-0.15, -0.1) is 0 Å². The molecule has 0 aliphatic heterocycles. The average Bonchev–Trinajstić information content (AvgIpc) is 2.80. The lowest BCUT2D eigenvalue weighted by Crippen LogP contribution is -2.50. The minimum absolute atomic E-state index is 0.109. The van der Waals surface area contributed by atoms with Gasteiger partial charge in [-0.05, 0) is 47.9 Å². The molecule has 0 heterocycles. The SMILES string of the molecule is CCNC(=O)[C@H](Cc1ccccc1)N(Cc1ccc(Br)cc1)C(=O)Cc1ccc(Cl)c(Cl)c1. The van der Waals surface area contributed by atoms with Crippen molar-refractivity contribution in [2.24, 2.45) is 0 Å². The van der Waals surface area contributed by atoms with Crippen molar-refractivity contribution in [3.63, 3.8) is 0 Å². The predicted octanol–water partition coefficient (Wildman–Crippen LogP) is 6.07. The number of rotatable bonds is 9. The second kappa shape index (κ2) is 12.2. The van der Waals surface area contributed by atoms with E-state index in [0.717, 1.165) is 21.2 Å². The van der Waals surface area contributed by atoms with Gasteiger partial charge in [0.2, 0.25) is 11.8 Å². The first kappa shape index (κ1) is 25.3. The first-order valence-corrected chi connectivity index (χ1v) is 12.2. The summed E-state index contributed by atoms with van der Waals surface area (Å²) in [6.45, 7) is 2.66. The molecule has 1 atom stereocenters. The van der Waals surface area contributed by atoms with Gasteiger partial charge >= 0.3 is 0 Å². The van der Waals surface area contributed by atoms with Crippen molar-refractivity contribution < 1.29 is 9.59 Å². The molecule has 0 fully saturated rings. The fourth-order valence-corrected chi connectivity index (χ4v) is 4.14. The van der Waals surface area contributed by atoms with Gasteiger partial charge in [0.05, 0.1) is 16.5 Å². The topological polar surface area (TPSA) is 49.4 Å². The Labute approximate surface area is 213 Å². The molecular formula is C26H25BrCl2N2O2. The molecule has 0 unspecified atom stereocenters. The molecule has 1 N–H and O–H groups in total. The zero-order chi connectivity index (χ0) is 23.8. The van der Waals surface area contributed by atoms with Crippen LogP contribution in [0.4, 0.5) is 0 Å². The number of likely N-dealkylation sites (N-methyl/N-ethyl adjacent to an activating group) is 1. The van der Waals surface area contributed by atoms with Crippen LogP contribution in [-0.2, 0) is 29.0 Å². The Bertz CT molecular complexity index is 1090. The highest BCUT2D eigenvalue weighted by atomic mass is 79.9. The first-order valence-electron chi connectivity index (χ1n) is 10.7. The largest absolute Gasteiger partial charge is 0.355 e. The van der Waals surface area contributed by atoms with E-state index in [1.165, 1.54) is 0 Å². The molecule has 3 aromatic rings. The van der Waals surface area contributed by atoms with Crippen LogP contribution in [0.25, 0.3) is 0 Å². The summed E-state index contributed by atoms with van der Waals surface area (Å²) in [5.41, 5.74) is 2.66. The number of hydrogen-bond donors (Lipinski definition) is 1. The molecule has 0 aromatic heterocycles. The van der Waals surface area contributed by atoms with Gasteiger partial charge < -0.3 is 10.2 Å². The molecule has 33 heavy (non-hydrogen) atoms. The van der Waals surface area contributed by atoms with E-state index in [1.807, 2.05) is 61.5 Å². The Morgan fingerprint density at radius 3 is 2.21 bits per heavy atom. The van der Waals surface area contributed by atoms with E-state index >= 15 is 0 Å². The molecule has 4 nitrogen and oxygen atoms in total. The van der Waals surface area contributed by atoms with E-state index < -0.39 is 6.04 Å². The van der Waals surface area contributed by atoms with Crippen molar-refractivity contribution in [1.82, 2.24) is 10.2 Å². The number of nitrogens with one attached hydrogen (secondary N) is 1. The normalized spacial score (nSPS) is 11.6. The highest BCUT2D eigenvalue weighted by Crippen LogP contribution is 2.24. The fraction of sp³-hybridized carbons (Fsp3) is 0.231. The summed E-state index contributed by atoms with van der Waals surface area (Å²) >= 11 is 15.6.